The summed E-state index contributed by atoms with van der Waals surface area (Å²) in [4.78, 5) is 29.6. The standard InChI is InChI=1S/C18H27N3O2/c1-13(2)15-10-16(14(3)22)12-17(11-15)20-6-8-21(9-7-20)18(23)19(4)5/h10-13H,6-9H2,1-5H3. The average molecular weight is 317 g/mol. The molecule has 23 heavy (non-hydrogen) atoms. The van der Waals surface area contributed by atoms with E-state index in [0.717, 1.165) is 24.3 Å². The number of piperazine rings is 1. The van der Waals surface area contributed by atoms with E-state index in [0.29, 0.717) is 19.0 Å². The lowest BCUT2D eigenvalue weighted by molar-refractivity contribution is 0.101. The van der Waals surface area contributed by atoms with Gasteiger partial charge in [0.05, 0.1) is 0 Å². The second-order valence-electron chi connectivity index (χ2n) is 6.68. The number of benzene rings is 1. The fourth-order valence-corrected chi connectivity index (χ4v) is 2.79. The van der Waals surface area contributed by atoms with E-state index in [1.807, 2.05) is 17.0 Å². The summed E-state index contributed by atoms with van der Waals surface area (Å²) in [6.45, 7) is 8.87. The summed E-state index contributed by atoms with van der Waals surface area (Å²) >= 11 is 0. The Labute approximate surface area is 138 Å². The van der Waals surface area contributed by atoms with Crippen molar-refractivity contribution < 1.29 is 9.59 Å². The number of hydrogen-bond donors (Lipinski definition) is 0. The highest BCUT2D eigenvalue weighted by atomic mass is 16.2. The van der Waals surface area contributed by atoms with Crippen molar-refractivity contribution in [1.82, 2.24) is 9.80 Å². The number of amides is 2. The molecule has 0 atom stereocenters. The van der Waals surface area contributed by atoms with Crippen LogP contribution in [-0.2, 0) is 0 Å². The smallest absolute Gasteiger partial charge is 0.319 e. The van der Waals surface area contributed by atoms with E-state index in [9.17, 15) is 9.59 Å². The Balaban J connectivity index is 2.17. The van der Waals surface area contributed by atoms with Crippen LogP contribution in [0.25, 0.3) is 0 Å². The van der Waals surface area contributed by atoms with Crippen LogP contribution in [0, 0.1) is 0 Å². The molecule has 0 spiro atoms. The molecule has 0 radical (unpaired) electrons. The maximum absolute atomic E-state index is 12.0. The van der Waals surface area contributed by atoms with Crippen LogP contribution in [0.1, 0.15) is 42.6 Å². The summed E-state index contributed by atoms with van der Waals surface area (Å²) in [6.07, 6.45) is 0. The fraction of sp³-hybridized carbons (Fsp3) is 0.556. The zero-order valence-electron chi connectivity index (χ0n) is 14.8. The Morgan fingerprint density at radius 3 is 2.13 bits per heavy atom. The highest BCUT2D eigenvalue weighted by molar-refractivity contribution is 5.95. The van der Waals surface area contributed by atoms with Gasteiger partial charge in [-0.2, -0.15) is 0 Å². The van der Waals surface area contributed by atoms with Gasteiger partial charge in [0.15, 0.2) is 5.78 Å². The Bertz CT molecular complexity index is 588. The van der Waals surface area contributed by atoms with Crippen LogP contribution in [0.3, 0.4) is 0 Å². The van der Waals surface area contributed by atoms with Gasteiger partial charge < -0.3 is 14.7 Å². The van der Waals surface area contributed by atoms with E-state index in [2.05, 4.69) is 24.8 Å². The van der Waals surface area contributed by atoms with Crippen LogP contribution in [0.5, 0.6) is 0 Å². The molecule has 5 nitrogen and oxygen atoms in total. The number of hydrogen-bond acceptors (Lipinski definition) is 3. The first-order chi connectivity index (χ1) is 10.8. The minimum absolute atomic E-state index is 0.0602. The SMILES string of the molecule is CC(=O)c1cc(C(C)C)cc(N2CCN(C(=O)N(C)C)CC2)c1. The summed E-state index contributed by atoms with van der Waals surface area (Å²) < 4.78 is 0. The first kappa shape index (κ1) is 17.3. The van der Waals surface area contributed by atoms with E-state index in [1.165, 1.54) is 5.56 Å². The van der Waals surface area contributed by atoms with Crippen molar-refractivity contribution in [1.29, 1.82) is 0 Å². The number of Topliss-reactive ketones (excluding diaryl/α,β-unsaturated/α-hetero) is 1. The van der Waals surface area contributed by atoms with Crippen molar-refractivity contribution in [3.05, 3.63) is 29.3 Å². The van der Waals surface area contributed by atoms with E-state index < -0.39 is 0 Å². The van der Waals surface area contributed by atoms with Crippen LogP contribution < -0.4 is 4.90 Å². The number of nitrogens with zero attached hydrogens (tertiary/aromatic N) is 3. The lowest BCUT2D eigenvalue weighted by atomic mass is 9.98. The summed E-state index contributed by atoms with van der Waals surface area (Å²) in [7, 11) is 3.56. The van der Waals surface area contributed by atoms with Crippen LogP contribution in [0.2, 0.25) is 0 Å². The summed E-state index contributed by atoms with van der Waals surface area (Å²) in [6, 6.07) is 6.19. The van der Waals surface area contributed by atoms with E-state index in [4.69, 9.17) is 0 Å². The normalized spacial score (nSPS) is 15.0. The molecule has 1 fully saturated rings. The maximum atomic E-state index is 12.0. The Morgan fingerprint density at radius 1 is 1.04 bits per heavy atom. The van der Waals surface area contributed by atoms with Crippen LogP contribution >= 0.6 is 0 Å². The highest BCUT2D eigenvalue weighted by Gasteiger charge is 2.23. The Hall–Kier alpha value is -2.04. The molecule has 2 amide bonds. The predicted octanol–water partition coefficient (Wildman–Crippen LogP) is 2.82. The molecule has 126 valence electrons. The molecule has 0 saturated carbocycles. The number of carbonyl (C=O) groups is 2. The van der Waals surface area contributed by atoms with Gasteiger partial charge in [-0.1, -0.05) is 13.8 Å². The number of ketones is 1. The fourth-order valence-electron chi connectivity index (χ4n) is 2.79. The number of rotatable bonds is 3. The molecule has 1 aromatic carbocycles. The third-order valence-corrected chi connectivity index (χ3v) is 4.31. The van der Waals surface area contributed by atoms with E-state index in [-0.39, 0.29) is 11.8 Å². The van der Waals surface area contributed by atoms with E-state index in [1.54, 1.807) is 25.9 Å². The molecule has 1 saturated heterocycles. The predicted molar refractivity (Wildman–Crippen MR) is 93.4 cm³/mol. The number of urea groups is 1. The molecular weight excluding hydrogens is 290 g/mol. The third kappa shape index (κ3) is 4.03. The van der Waals surface area contributed by atoms with Gasteiger partial charge in [-0.05, 0) is 36.6 Å². The van der Waals surface area contributed by atoms with Crippen molar-refractivity contribution in [2.24, 2.45) is 0 Å². The Morgan fingerprint density at radius 2 is 1.65 bits per heavy atom. The average Bonchev–Trinajstić information content (AvgIpc) is 2.53. The van der Waals surface area contributed by atoms with Gasteiger partial charge in [0.2, 0.25) is 0 Å². The van der Waals surface area contributed by atoms with Crippen molar-refractivity contribution in [3.63, 3.8) is 0 Å². The summed E-state index contributed by atoms with van der Waals surface area (Å²) in [5, 5.41) is 0. The molecule has 0 aromatic heterocycles. The second kappa shape index (κ2) is 7.02. The van der Waals surface area contributed by atoms with Crippen LogP contribution in [0.15, 0.2) is 18.2 Å². The van der Waals surface area contributed by atoms with Crippen LogP contribution in [0.4, 0.5) is 10.5 Å². The first-order valence-corrected chi connectivity index (χ1v) is 8.16. The topological polar surface area (TPSA) is 43.9 Å². The lowest BCUT2D eigenvalue weighted by Gasteiger charge is -2.37. The minimum atomic E-state index is 0.0602. The Kier molecular flexibility index (Phi) is 5.29. The molecule has 1 aliphatic rings. The molecular formula is C18H27N3O2. The lowest BCUT2D eigenvalue weighted by Crippen LogP contribution is -2.51. The van der Waals surface area contributed by atoms with Crippen LogP contribution in [-0.4, -0.2) is 61.9 Å². The highest BCUT2D eigenvalue weighted by Crippen LogP contribution is 2.25. The zero-order chi connectivity index (χ0) is 17.1. The van der Waals surface area contributed by atoms with Crippen molar-refractivity contribution in [2.75, 3.05) is 45.2 Å². The molecule has 0 N–H and O–H groups in total. The molecule has 1 aliphatic heterocycles. The monoisotopic (exact) mass is 317 g/mol. The van der Waals surface area contributed by atoms with Gasteiger partial charge in [-0.3, -0.25) is 4.79 Å². The van der Waals surface area contributed by atoms with Crippen molar-refractivity contribution in [2.45, 2.75) is 26.7 Å². The first-order valence-electron chi connectivity index (χ1n) is 8.16. The van der Waals surface area contributed by atoms with Gasteiger partial charge in [-0.15, -0.1) is 0 Å². The molecule has 0 bridgehead atoms. The molecule has 5 heteroatoms. The molecule has 0 unspecified atom stereocenters. The number of anilines is 1. The van der Waals surface area contributed by atoms with Crippen molar-refractivity contribution in [3.8, 4) is 0 Å². The minimum Gasteiger partial charge on any atom is -0.368 e. The molecule has 1 heterocycles. The molecule has 0 aliphatic carbocycles. The molecule has 1 aromatic rings. The largest absolute Gasteiger partial charge is 0.368 e. The third-order valence-electron chi connectivity index (χ3n) is 4.31. The molecule has 2 rings (SSSR count). The van der Waals surface area contributed by atoms with Gasteiger partial charge in [0.1, 0.15) is 0 Å². The quantitative estimate of drug-likeness (QED) is 0.805. The van der Waals surface area contributed by atoms with Gasteiger partial charge >= 0.3 is 6.03 Å². The van der Waals surface area contributed by atoms with Gasteiger partial charge in [0.25, 0.3) is 0 Å². The summed E-state index contributed by atoms with van der Waals surface area (Å²) in [5.41, 5.74) is 3.02. The zero-order valence-corrected chi connectivity index (χ0v) is 14.8. The maximum Gasteiger partial charge on any atom is 0.319 e. The van der Waals surface area contributed by atoms with Gasteiger partial charge in [-0.25, -0.2) is 4.79 Å². The second-order valence-corrected chi connectivity index (χ2v) is 6.68. The van der Waals surface area contributed by atoms with Gasteiger partial charge in [0, 0.05) is 51.5 Å². The number of carbonyl (C=O) groups excluding carboxylic acids is 2. The van der Waals surface area contributed by atoms with Crippen molar-refractivity contribution >= 4 is 17.5 Å². The van der Waals surface area contributed by atoms with E-state index >= 15 is 0 Å². The summed E-state index contributed by atoms with van der Waals surface area (Å²) in [5.74, 6) is 0.472.